The van der Waals surface area contributed by atoms with Crippen molar-refractivity contribution in [1.29, 1.82) is 0 Å². The van der Waals surface area contributed by atoms with Crippen LogP contribution in [0, 0.1) is 12.7 Å². The summed E-state index contributed by atoms with van der Waals surface area (Å²) in [7, 11) is 0. The summed E-state index contributed by atoms with van der Waals surface area (Å²) in [4.78, 5) is 23.2. The van der Waals surface area contributed by atoms with Gasteiger partial charge in [-0.2, -0.15) is 0 Å². The Morgan fingerprint density at radius 3 is 2.47 bits per heavy atom. The highest BCUT2D eigenvalue weighted by molar-refractivity contribution is 6.04. The van der Waals surface area contributed by atoms with Gasteiger partial charge in [-0.05, 0) is 30.2 Å². The zero-order valence-corrected chi connectivity index (χ0v) is 10.5. The molecule has 0 aliphatic heterocycles. The van der Waals surface area contributed by atoms with E-state index in [9.17, 15) is 14.0 Å². The van der Waals surface area contributed by atoms with Crippen molar-refractivity contribution in [3.05, 3.63) is 70.5 Å². The predicted octanol–water partition coefficient (Wildman–Crippen LogP) is 3.37. The van der Waals surface area contributed by atoms with E-state index in [1.807, 2.05) is 30.3 Å². The molecule has 0 fully saturated rings. The van der Waals surface area contributed by atoms with E-state index < -0.39 is 5.82 Å². The normalized spacial score (nSPS) is 10.2. The van der Waals surface area contributed by atoms with Crippen molar-refractivity contribution >= 4 is 12.1 Å². The average molecular weight is 256 g/mol. The van der Waals surface area contributed by atoms with Crippen molar-refractivity contribution in [2.75, 3.05) is 0 Å². The Bertz CT molecular complexity index is 618. The topological polar surface area (TPSA) is 34.1 Å². The first-order valence-electron chi connectivity index (χ1n) is 5.95. The summed E-state index contributed by atoms with van der Waals surface area (Å²) >= 11 is 0. The third-order valence-electron chi connectivity index (χ3n) is 3.04. The van der Waals surface area contributed by atoms with Gasteiger partial charge in [-0.15, -0.1) is 0 Å². The number of carbonyl (C=O) groups is 2. The second-order valence-corrected chi connectivity index (χ2v) is 4.34. The van der Waals surface area contributed by atoms with Crippen molar-refractivity contribution in [2.45, 2.75) is 13.3 Å². The summed E-state index contributed by atoms with van der Waals surface area (Å²) in [6.07, 6.45) is 0.747. The monoisotopic (exact) mass is 256 g/mol. The Morgan fingerprint density at radius 1 is 1.16 bits per heavy atom. The first-order chi connectivity index (χ1) is 9.13. The molecule has 0 saturated heterocycles. The molecule has 2 nitrogen and oxygen atoms in total. The summed E-state index contributed by atoms with van der Waals surface area (Å²) in [6, 6.07) is 11.7. The molecular formula is C16H13FO2. The lowest BCUT2D eigenvalue weighted by molar-refractivity contribution is 0.0985. The fraction of sp³-hybridized carbons (Fsp3) is 0.125. The largest absolute Gasteiger partial charge is 0.298 e. The van der Waals surface area contributed by atoms with Crippen LogP contribution in [0.2, 0.25) is 0 Å². The standard InChI is InChI=1S/C16H13FO2/c1-11-14(17)8-7-13(10-18)16(11)15(19)9-12-5-3-2-4-6-12/h2-8,10H,9H2,1H3. The van der Waals surface area contributed by atoms with Gasteiger partial charge < -0.3 is 0 Å². The molecule has 0 spiro atoms. The fourth-order valence-corrected chi connectivity index (χ4v) is 2.05. The number of halogens is 1. The lowest BCUT2D eigenvalue weighted by atomic mass is 9.94. The van der Waals surface area contributed by atoms with Gasteiger partial charge in [-0.1, -0.05) is 30.3 Å². The fourth-order valence-electron chi connectivity index (χ4n) is 2.05. The first-order valence-corrected chi connectivity index (χ1v) is 5.95. The van der Waals surface area contributed by atoms with Crippen LogP contribution in [-0.2, 0) is 6.42 Å². The Morgan fingerprint density at radius 2 is 1.84 bits per heavy atom. The zero-order chi connectivity index (χ0) is 13.8. The van der Waals surface area contributed by atoms with E-state index in [1.54, 1.807) is 0 Å². The molecule has 0 amide bonds. The Hall–Kier alpha value is -2.29. The van der Waals surface area contributed by atoms with E-state index in [2.05, 4.69) is 0 Å². The summed E-state index contributed by atoms with van der Waals surface area (Å²) in [5.41, 5.74) is 1.48. The van der Waals surface area contributed by atoms with Gasteiger partial charge in [0.2, 0.25) is 0 Å². The highest BCUT2D eigenvalue weighted by Gasteiger charge is 2.17. The molecule has 3 heteroatoms. The number of ketones is 1. The van der Waals surface area contributed by atoms with Gasteiger partial charge in [0.05, 0.1) is 0 Å². The van der Waals surface area contributed by atoms with Crippen molar-refractivity contribution < 1.29 is 14.0 Å². The van der Waals surface area contributed by atoms with Crippen LogP contribution in [-0.4, -0.2) is 12.1 Å². The molecule has 96 valence electrons. The molecule has 0 aliphatic carbocycles. The lowest BCUT2D eigenvalue weighted by Gasteiger charge is -2.09. The third-order valence-corrected chi connectivity index (χ3v) is 3.04. The number of rotatable bonds is 4. The molecule has 0 bridgehead atoms. The zero-order valence-electron chi connectivity index (χ0n) is 10.5. The van der Waals surface area contributed by atoms with Gasteiger partial charge in [-0.3, -0.25) is 9.59 Å². The highest BCUT2D eigenvalue weighted by Crippen LogP contribution is 2.19. The van der Waals surface area contributed by atoms with Crippen LogP contribution in [0.1, 0.15) is 31.8 Å². The van der Waals surface area contributed by atoms with E-state index in [1.165, 1.54) is 19.1 Å². The number of Topliss-reactive ketones (excluding diaryl/α,β-unsaturated/α-hetero) is 1. The molecule has 0 saturated carbocycles. The first kappa shape index (κ1) is 13.1. The molecule has 0 heterocycles. The molecule has 0 radical (unpaired) electrons. The Labute approximate surface area is 110 Å². The lowest BCUT2D eigenvalue weighted by Crippen LogP contribution is -2.10. The second-order valence-electron chi connectivity index (χ2n) is 4.34. The molecule has 2 rings (SSSR count). The van der Waals surface area contributed by atoms with E-state index in [-0.39, 0.29) is 28.9 Å². The van der Waals surface area contributed by atoms with Crippen molar-refractivity contribution in [3.8, 4) is 0 Å². The van der Waals surface area contributed by atoms with Crippen LogP contribution < -0.4 is 0 Å². The SMILES string of the molecule is Cc1c(F)ccc(C=O)c1C(=O)Cc1ccccc1. The molecule has 0 atom stereocenters. The van der Waals surface area contributed by atoms with E-state index in [0.717, 1.165) is 5.56 Å². The average Bonchev–Trinajstić information content (AvgIpc) is 2.42. The molecular weight excluding hydrogens is 243 g/mol. The van der Waals surface area contributed by atoms with Crippen molar-refractivity contribution in [1.82, 2.24) is 0 Å². The minimum atomic E-state index is -0.470. The quantitative estimate of drug-likeness (QED) is 0.621. The van der Waals surface area contributed by atoms with Crippen LogP contribution in [0.25, 0.3) is 0 Å². The number of aldehydes is 1. The van der Waals surface area contributed by atoms with Gasteiger partial charge in [0.15, 0.2) is 12.1 Å². The smallest absolute Gasteiger partial charge is 0.168 e. The Kier molecular flexibility index (Phi) is 3.85. The number of benzene rings is 2. The maximum absolute atomic E-state index is 13.5. The van der Waals surface area contributed by atoms with E-state index >= 15 is 0 Å². The minimum absolute atomic E-state index is 0.159. The van der Waals surface area contributed by atoms with Crippen LogP contribution in [0.15, 0.2) is 42.5 Å². The van der Waals surface area contributed by atoms with Crippen molar-refractivity contribution in [2.24, 2.45) is 0 Å². The number of carbonyl (C=O) groups excluding carboxylic acids is 2. The number of hydrogen-bond donors (Lipinski definition) is 0. The molecule has 19 heavy (non-hydrogen) atoms. The molecule has 2 aromatic carbocycles. The van der Waals surface area contributed by atoms with Crippen LogP contribution in [0.5, 0.6) is 0 Å². The molecule has 0 unspecified atom stereocenters. The number of hydrogen-bond acceptors (Lipinski definition) is 2. The molecule has 0 aromatic heterocycles. The maximum Gasteiger partial charge on any atom is 0.168 e. The van der Waals surface area contributed by atoms with Crippen LogP contribution in [0.4, 0.5) is 4.39 Å². The summed E-state index contributed by atoms with van der Waals surface area (Å²) in [5, 5.41) is 0. The minimum Gasteiger partial charge on any atom is -0.298 e. The van der Waals surface area contributed by atoms with E-state index in [0.29, 0.717) is 6.29 Å². The third kappa shape index (κ3) is 2.76. The predicted molar refractivity (Wildman–Crippen MR) is 71.0 cm³/mol. The van der Waals surface area contributed by atoms with Gasteiger partial charge >= 0.3 is 0 Å². The van der Waals surface area contributed by atoms with Gasteiger partial charge in [-0.25, -0.2) is 4.39 Å². The second kappa shape index (κ2) is 5.57. The summed E-state index contributed by atoms with van der Waals surface area (Å²) < 4.78 is 13.5. The van der Waals surface area contributed by atoms with E-state index in [4.69, 9.17) is 0 Å². The van der Waals surface area contributed by atoms with Gasteiger partial charge in [0.25, 0.3) is 0 Å². The molecule has 2 aromatic rings. The Balaban J connectivity index is 2.39. The van der Waals surface area contributed by atoms with Crippen LogP contribution >= 0.6 is 0 Å². The highest BCUT2D eigenvalue weighted by atomic mass is 19.1. The molecule has 0 aliphatic rings. The summed E-state index contributed by atoms with van der Waals surface area (Å²) in [5.74, 6) is -0.715. The maximum atomic E-state index is 13.5. The summed E-state index contributed by atoms with van der Waals surface area (Å²) in [6.45, 7) is 1.51. The van der Waals surface area contributed by atoms with Gasteiger partial charge in [0, 0.05) is 17.5 Å². The van der Waals surface area contributed by atoms with Crippen LogP contribution in [0.3, 0.4) is 0 Å². The van der Waals surface area contributed by atoms with Crippen molar-refractivity contribution in [3.63, 3.8) is 0 Å². The molecule has 0 N–H and O–H groups in total. The van der Waals surface area contributed by atoms with Gasteiger partial charge in [0.1, 0.15) is 5.82 Å².